The van der Waals surface area contributed by atoms with Gasteiger partial charge < -0.3 is 14.5 Å². The summed E-state index contributed by atoms with van der Waals surface area (Å²) in [4.78, 5) is 16.3. The van der Waals surface area contributed by atoms with Crippen molar-refractivity contribution in [3.8, 4) is 5.75 Å². The standard InChI is InChI=1S/C17H14F3N3O2/c1-11-9-23-8-4-7-14(16(23)21-11)25-10-15(24)22-13-6-3-2-5-12(13)17(18,19)20/h2-9H,10H2,1H3,(H,22,24). The van der Waals surface area contributed by atoms with Gasteiger partial charge in [0.2, 0.25) is 0 Å². The summed E-state index contributed by atoms with van der Waals surface area (Å²) in [5.41, 5.74) is 0.0934. The number of alkyl halides is 3. The Hall–Kier alpha value is -3.03. The van der Waals surface area contributed by atoms with Gasteiger partial charge in [-0.15, -0.1) is 0 Å². The van der Waals surface area contributed by atoms with E-state index in [2.05, 4.69) is 10.3 Å². The number of hydrogen-bond donors (Lipinski definition) is 1. The van der Waals surface area contributed by atoms with Gasteiger partial charge in [0.1, 0.15) is 0 Å². The molecule has 0 aliphatic carbocycles. The molecule has 5 nitrogen and oxygen atoms in total. The molecule has 1 amide bonds. The van der Waals surface area contributed by atoms with E-state index in [0.717, 1.165) is 11.8 Å². The Morgan fingerprint density at radius 2 is 2.00 bits per heavy atom. The van der Waals surface area contributed by atoms with Gasteiger partial charge in [0, 0.05) is 12.4 Å². The van der Waals surface area contributed by atoms with Crippen LogP contribution in [-0.4, -0.2) is 21.9 Å². The molecule has 0 radical (unpaired) electrons. The van der Waals surface area contributed by atoms with E-state index in [4.69, 9.17) is 4.74 Å². The molecule has 0 saturated heterocycles. The molecule has 0 unspecified atom stereocenters. The van der Waals surface area contributed by atoms with Crippen molar-refractivity contribution in [1.82, 2.24) is 9.38 Å². The maximum absolute atomic E-state index is 12.9. The number of amides is 1. The van der Waals surface area contributed by atoms with E-state index in [1.54, 1.807) is 28.9 Å². The normalized spacial score (nSPS) is 11.5. The second-order valence-corrected chi connectivity index (χ2v) is 5.37. The van der Waals surface area contributed by atoms with Crippen molar-refractivity contribution in [2.75, 3.05) is 11.9 Å². The van der Waals surface area contributed by atoms with Gasteiger partial charge in [-0.3, -0.25) is 4.79 Å². The zero-order valence-electron chi connectivity index (χ0n) is 13.2. The molecule has 0 aliphatic rings. The zero-order valence-corrected chi connectivity index (χ0v) is 13.2. The van der Waals surface area contributed by atoms with Crippen LogP contribution in [-0.2, 0) is 11.0 Å². The van der Waals surface area contributed by atoms with Crippen LogP contribution in [0.5, 0.6) is 5.75 Å². The number of aryl methyl sites for hydroxylation is 1. The number of carbonyl (C=O) groups excluding carboxylic acids is 1. The van der Waals surface area contributed by atoms with Crippen LogP contribution in [0, 0.1) is 6.92 Å². The molecular formula is C17H14F3N3O2. The summed E-state index contributed by atoms with van der Waals surface area (Å²) in [6, 6.07) is 8.14. The Morgan fingerprint density at radius 3 is 2.76 bits per heavy atom. The molecule has 0 fully saturated rings. The lowest BCUT2D eigenvalue weighted by molar-refractivity contribution is -0.137. The Kier molecular flexibility index (Phi) is 4.35. The molecule has 0 saturated carbocycles. The molecule has 1 aromatic carbocycles. The van der Waals surface area contributed by atoms with Gasteiger partial charge >= 0.3 is 6.18 Å². The average Bonchev–Trinajstić information content (AvgIpc) is 2.93. The number of ether oxygens (including phenoxy) is 1. The summed E-state index contributed by atoms with van der Waals surface area (Å²) in [6.45, 7) is 1.38. The fourth-order valence-electron chi connectivity index (χ4n) is 2.39. The number of fused-ring (bicyclic) bond motifs is 1. The van der Waals surface area contributed by atoms with Crippen LogP contribution in [0.25, 0.3) is 5.65 Å². The molecule has 25 heavy (non-hydrogen) atoms. The minimum Gasteiger partial charge on any atom is -0.480 e. The highest BCUT2D eigenvalue weighted by Gasteiger charge is 2.33. The first-order valence-electron chi connectivity index (χ1n) is 7.38. The number of nitrogens with one attached hydrogen (secondary N) is 1. The predicted molar refractivity (Wildman–Crippen MR) is 85.5 cm³/mol. The monoisotopic (exact) mass is 349 g/mol. The summed E-state index contributed by atoms with van der Waals surface area (Å²) < 4.78 is 46.0. The summed E-state index contributed by atoms with van der Waals surface area (Å²) >= 11 is 0. The van der Waals surface area contributed by atoms with Crippen molar-refractivity contribution in [2.45, 2.75) is 13.1 Å². The summed E-state index contributed by atoms with van der Waals surface area (Å²) in [7, 11) is 0. The van der Waals surface area contributed by atoms with E-state index < -0.39 is 24.3 Å². The van der Waals surface area contributed by atoms with Crippen LogP contribution >= 0.6 is 0 Å². The number of nitrogens with zero attached hydrogens (tertiary/aromatic N) is 2. The molecule has 0 atom stereocenters. The van der Waals surface area contributed by atoms with E-state index in [0.29, 0.717) is 11.4 Å². The molecule has 0 spiro atoms. The third-order valence-electron chi connectivity index (χ3n) is 3.43. The van der Waals surface area contributed by atoms with Gasteiger partial charge in [-0.2, -0.15) is 13.2 Å². The zero-order chi connectivity index (χ0) is 18.0. The first kappa shape index (κ1) is 16.8. The summed E-state index contributed by atoms with van der Waals surface area (Å²) in [6.07, 6.45) is -0.979. The summed E-state index contributed by atoms with van der Waals surface area (Å²) in [5, 5.41) is 2.23. The fourth-order valence-corrected chi connectivity index (χ4v) is 2.39. The van der Waals surface area contributed by atoms with Crippen molar-refractivity contribution in [3.63, 3.8) is 0 Å². The van der Waals surface area contributed by atoms with Gasteiger partial charge in [0.25, 0.3) is 5.91 Å². The second kappa shape index (κ2) is 6.46. The quantitative estimate of drug-likeness (QED) is 0.782. The van der Waals surface area contributed by atoms with E-state index >= 15 is 0 Å². The van der Waals surface area contributed by atoms with Crippen LogP contribution in [0.2, 0.25) is 0 Å². The number of anilines is 1. The predicted octanol–water partition coefficient (Wildman–Crippen LogP) is 3.68. The largest absolute Gasteiger partial charge is 0.480 e. The highest BCUT2D eigenvalue weighted by Crippen LogP contribution is 2.34. The average molecular weight is 349 g/mol. The van der Waals surface area contributed by atoms with Gasteiger partial charge in [0.05, 0.1) is 16.9 Å². The molecule has 8 heteroatoms. The number of hydrogen-bond acceptors (Lipinski definition) is 3. The number of benzene rings is 1. The first-order valence-corrected chi connectivity index (χ1v) is 7.38. The molecule has 130 valence electrons. The van der Waals surface area contributed by atoms with Gasteiger partial charge in [-0.25, -0.2) is 4.98 Å². The van der Waals surface area contributed by atoms with E-state index in [1.165, 1.54) is 18.2 Å². The molecule has 1 N–H and O–H groups in total. The lowest BCUT2D eigenvalue weighted by atomic mass is 10.1. The third kappa shape index (κ3) is 3.73. The number of imidazole rings is 1. The highest BCUT2D eigenvalue weighted by atomic mass is 19.4. The number of halogens is 3. The number of pyridine rings is 1. The van der Waals surface area contributed by atoms with Crippen molar-refractivity contribution < 1.29 is 22.7 Å². The van der Waals surface area contributed by atoms with Gasteiger partial charge in [-0.1, -0.05) is 12.1 Å². The third-order valence-corrected chi connectivity index (χ3v) is 3.43. The number of carbonyl (C=O) groups is 1. The molecule has 3 aromatic rings. The van der Waals surface area contributed by atoms with E-state index in [9.17, 15) is 18.0 Å². The van der Waals surface area contributed by atoms with Gasteiger partial charge in [0.15, 0.2) is 18.0 Å². The van der Waals surface area contributed by atoms with Crippen LogP contribution in [0.15, 0.2) is 48.8 Å². The summed E-state index contributed by atoms with van der Waals surface area (Å²) in [5.74, 6) is -0.322. The molecular weight excluding hydrogens is 335 g/mol. The Balaban J connectivity index is 1.72. The number of aromatic nitrogens is 2. The minimum absolute atomic E-state index is 0.307. The molecule has 2 aromatic heterocycles. The first-order chi connectivity index (χ1) is 11.8. The Morgan fingerprint density at radius 1 is 1.24 bits per heavy atom. The van der Waals surface area contributed by atoms with E-state index in [-0.39, 0.29) is 5.69 Å². The maximum atomic E-state index is 12.9. The van der Waals surface area contributed by atoms with E-state index in [1.807, 2.05) is 6.92 Å². The second-order valence-electron chi connectivity index (χ2n) is 5.37. The number of para-hydroxylation sites is 1. The topological polar surface area (TPSA) is 55.6 Å². The molecule has 0 aliphatic heterocycles. The lowest BCUT2D eigenvalue weighted by Gasteiger charge is -2.13. The molecule has 2 heterocycles. The SMILES string of the molecule is Cc1cn2cccc(OCC(=O)Nc3ccccc3C(F)(F)F)c2n1. The van der Waals surface area contributed by atoms with Crippen molar-refractivity contribution in [2.24, 2.45) is 0 Å². The molecule has 3 rings (SSSR count). The van der Waals surface area contributed by atoms with Gasteiger partial charge in [-0.05, 0) is 31.2 Å². The van der Waals surface area contributed by atoms with Crippen LogP contribution in [0.4, 0.5) is 18.9 Å². The van der Waals surface area contributed by atoms with Crippen LogP contribution < -0.4 is 10.1 Å². The van der Waals surface area contributed by atoms with Crippen LogP contribution in [0.3, 0.4) is 0 Å². The fraction of sp³-hybridized carbons (Fsp3) is 0.176. The lowest BCUT2D eigenvalue weighted by Crippen LogP contribution is -2.22. The van der Waals surface area contributed by atoms with Crippen molar-refractivity contribution >= 4 is 17.2 Å². The minimum atomic E-state index is -4.55. The highest BCUT2D eigenvalue weighted by molar-refractivity contribution is 5.92. The van der Waals surface area contributed by atoms with Crippen molar-refractivity contribution in [1.29, 1.82) is 0 Å². The Bertz CT molecular complexity index is 919. The maximum Gasteiger partial charge on any atom is 0.418 e. The Labute approximate surface area is 141 Å². The van der Waals surface area contributed by atoms with Crippen LogP contribution in [0.1, 0.15) is 11.3 Å². The molecule has 0 bridgehead atoms. The van der Waals surface area contributed by atoms with Crippen molar-refractivity contribution in [3.05, 3.63) is 60.0 Å². The smallest absolute Gasteiger partial charge is 0.418 e. The number of rotatable bonds is 4.